The second-order valence-corrected chi connectivity index (χ2v) is 3.45. The van der Waals surface area contributed by atoms with Crippen LogP contribution >= 0.6 is 0 Å². The first kappa shape index (κ1) is 11.7. The van der Waals surface area contributed by atoms with Crippen molar-refractivity contribution in [2.75, 3.05) is 18.9 Å². The minimum absolute atomic E-state index is 0.0537. The summed E-state index contributed by atoms with van der Waals surface area (Å²) in [5, 5.41) is 5.92. The van der Waals surface area contributed by atoms with Crippen LogP contribution < -0.4 is 10.6 Å². The molecule has 2 N–H and O–H groups in total. The van der Waals surface area contributed by atoms with E-state index < -0.39 is 0 Å². The van der Waals surface area contributed by atoms with Gasteiger partial charge in [0.2, 0.25) is 5.91 Å². The van der Waals surface area contributed by atoms with Crippen molar-refractivity contribution in [1.82, 2.24) is 5.32 Å². The first-order valence-electron chi connectivity index (χ1n) is 5.29. The van der Waals surface area contributed by atoms with Gasteiger partial charge >= 0.3 is 0 Å². The highest BCUT2D eigenvalue weighted by Crippen LogP contribution is 2.10. The summed E-state index contributed by atoms with van der Waals surface area (Å²) in [5.41, 5.74) is 2.15. The highest BCUT2D eigenvalue weighted by molar-refractivity contribution is 5.90. The predicted octanol–water partition coefficient (Wildman–Crippen LogP) is 1.80. The third-order valence-electron chi connectivity index (χ3n) is 2.22. The van der Waals surface area contributed by atoms with Crippen LogP contribution in [0.15, 0.2) is 24.3 Å². The summed E-state index contributed by atoms with van der Waals surface area (Å²) < 4.78 is 0. The number of nitrogens with one attached hydrogen (secondary N) is 2. The van der Waals surface area contributed by atoms with E-state index in [1.165, 1.54) is 5.56 Å². The summed E-state index contributed by atoms with van der Waals surface area (Å²) in [5.74, 6) is 0.0537. The third kappa shape index (κ3) is 4.13. The predicted molar refractivity (Wildman–Crippen MR) is 63.0 cm³/mol. The summed E-state index contributed by atoms with van der Waals surface area (Å²) in [7, 11) is 1.94. The van der Waals surface area contributed by atoms with Crippen molar-refractivity contribution in [3.8, 4) is 0 Å². The molecule has 0 aliphatic carbocycles. The van der Waals surface area contributed by atoms with E-state index in [2.05, 4.69) is 10.6 Å². The molecule has 3 heteroatoms. The zero-order valence-electron chi connectivity index (χ0n) is 9.34. The Hall–Kier alpha value is -1.35. The van der Waals surface area contributed by atoms with E-state index in [1.807, 2.05) is 38.2 Å². The lowest BCUT2D eigenvalue weighted by Gasteiger charge is -2.05. The Balaban J connectivity index is 2.52. The van der Waals surface area contributed by atoms with Crippen LogP contribution in [0.3, 0.4) is 0 Å². The summed E-state index contributed by atoms with van der Waals surface area (Å²) in [6, 6.07) is 7.97. The Bertz CT molecular complexity index is 306. The molecule has 0 bridgehead atoms. The number of likely N-dealkylation sites (N-methyl/N-ethyl adjacent to an activating group) is 1. The summed E-state index contributed by atoms with van der Waals surface area (Å²) in [6.07, 6.45) is 1.53. The molecule has 0 atom stereocenters. The molecule has 0 saturated heterocycles. The van der Waals surface area contributed by atoms with Gasteiger partial charge in [0.15, 0.2) is 0 Å². The molecule has 1 rings (SSSR count). The van der Waals surface area contributed by atoms with E-state index in [1.54, 1.807) is 0 Å². The van der Waals surface area contributed by atoms with Gasteiger partial charge in [-0.25, -0.2) is 0 Å². The molecule has 0 aliphatic rings. The van der Waals surface area contributed by atoms with Gasteiger partial charge in [-0.3, -0.25) is 4.79 Å². The fourth-order valence-electron chi connectivity index (χ4n) is 1.27. The monoisotopic (exact) mass is 206 g/mol. The minimum Gasteiger partial charge on any atom is -0.326 e. The molecule has 1 aromatic carbocycles. The van der Waals surface area contributed by atoms with Crippen LogP contribution in [0.5, 0.6) is 0 Å². The Morgan fingerprint density at radius 3 is 2.47 bits per heavy atom. The quantitative estimate of drug-likeness (QED) is 0.771. The van der Waals surface area contributed by atoms with Gasteiger partial charge in [0, 0.05) is 12.1 Å². The first-order valence-corrected chi connectivity index (χ1v) is 5.29. The van der Waals surface area contributed by atoms with Gasteiger partial charge < -0.3 is 10.6 Å². The van der Waals surface area contributed by atoms with E-state index in [0.29, 0.717) is 6.42 Å². The molecule has 0 saturated carbocycles. The molecule has 0 unspecified atom stereocenters. The molecule has 0 aliphatic heterocycles. The van der Waals surface area contributed by atoms with Crippen molar-refractivity contribution in [2.24, 2.45) is 0 Å². The Morgan fingerprint density at radius 1 is 1.27 bits per heavy atom. The summed E-state index contributed by atoms with van der Waals surface area (Å²) in [4.78, 5) is 11.1. The maximum atomic E-state index is 11.1. The summed E-state index contributed by atoms with van der Waals surface area (Å²) in [6.45, 7) is 2.82. The molecular formula is C12H18N2O. The fourth-order valence-corrected chi connectivity index (χ4v) is 1.27. The SMILES string of the molecule is CCC(=O)Nc1ccc(CCNC)cc1. The average Bonchev–Trinajstić information content (AvgIpc) is 2.28. The highest BCUT2D eigenvalue weighted by Gasteiger charge is 1.98. The molecule has 1 amide bonds. The van der Waals surface area contributed by atoms with Gasteiger partial charge in [0.25, 0.3) is 0 Å². The maximum absolute atomic E-state index is 11.1. The largest absolute Gasteiger partial charge is 0.326 e. The molecule has 0 aromatic heterocycles. The first-order chi connectivity index (χ1) is 7.26. The number of rotatable bonds is 5. The summed E-state index contributed by atoms with van der Waals surface area (Å²) >= 11 is 0. The maximum Gasteiger partial charge on any atom is 0.224 e. The lowest BCUT2D eigenvalue weighted by molar-refractivity contribution is -0.115. The number of anilines is 1. The second-order valence-electron chi connectivity index (χ2n) is 3.45. The number of carbonyl (C=O) groups is 1. The van der Waals surface area contributed by atoms with Gasteiger partial charge in [0.1, 0.15) is 0 Å². The molecule has 0 radical (unpaired) electrons. The van der Waals surface area contributed by atoms with Crippen LogP contribution in [0.2, 0.25) is 0 Å². The number of amides is 1. The van der Waals surface area contributed by atoms with Crippen molar-refractivity contribution in [1.29, 1.82) is 0 Å². The molecule has 15 heavy (non-hydrogen) atoms. The number of carbonyl (C=O) groups excluding carboxylic acids is 1. The number of benzene rings is 1. The van der Waals surface area contributed by atoms with E-state index in [-0.39, 0.29) is 5.91 Å². The van der Waals surface area contributed by atoms with Crippen molar-refractivity contribution in [3.05, 3.63) is 29.8 Å². The smallest absolute Gasteiger partial charge is 0.224 e. The zero-order chi connectivity index (χ0) is 11.1. The molecular weight excluding hydrogens is 188 g/mol. The average molecular weight is 206 g/mol. The van der Waals surface area contributed by atoms with Gasteiger partial charge in [-0.1, -0.05) is 19.1 Å². The van der Waals surface area contributed by atoms with Crippen LogP contribution in [0.4, 0.5) is 5.69 Å². The fraction of sp³-hybridized carbons (Fsp3) is 0.417. The third-order valence-corrected chi connectivity index (χ3v) is 2.22. The number of hydrogen-bond acceptors (Lipinski definition) is 2. The van der Waals surface area contributed by atoms with E-state index in [9.17, 15) is 4.79 Å². The molecule has 82 valence electrons. The van der Waals surface area contributed by atoms with E-state index in [4.69, 9.17) is 0 Å². The van der Waals surface area contributed by atoms with E-state index in [0.717, 1.165) is 18.7 Å². The lowest BCUT2D eigenvalue weighted by Crippen LogP contribution is -2.11. The minimum atomic E-state index is 0.0537. The van der Waals surface area contributed by atoms with Gasteiger partial charge in [0.05, 0.1) is 0 Å². The van der Waals surface area contributed by atoms with Crippen LogP contribution in [-0.2, 0) is 11.2 Å². The number of hydrogen-bond donors (Lipinski definition) is 2. The highest BCUT2D eigenvalue weighted by atomic mass is 16.1. The topological polar surface area (TPSA) is 41.1 Å². The van der Waals surface area contributed by atoms with Crippen LogP contribution in [0.1, 0.15) is 18.9 Å². The van der Waals surface area contributed by atoms with Crippen LogP contribution in [0.25, 0.3) is 0 Å². The molecule has 0 spiro atoms. The van der Waals surface area contributed by atoms with Crippen molar-refractivity contribution >= 4 is 11.6 Å². The zero-order valence-corrected chi connectivity index (χ0v) is 9.34. The van der Waals surface area contributed by atoms with Crippen molar-refractivity contribution < 1.29 is 4.79 Å². The van der Waals surface area contributed by atoms with Gasteiger partial charge in [-0.05, 0) is 37.7 Å². The molecule has 0 fully saturated rings. The standard InChI is InChI=1S/C12H18N2O/c1-3-12(15)14-11-6-4-10(5-7-11)8-9-13-2/h4-7,13H,3,8-9H2,1-2H3,(H,14,15). The molecule has 3 nitrogen and oxygen atoms in total. The van der Waals surface area contributed by atoms with Crippen molar-refractivity contribution in [3.63, 3.8) is 0 Å². The van der Waals surface area contributed by atoms with Crippen LogP contribution in [-0.4, -0.2) is 19.5 Å². The molecule has 1 aromatic rings. The second kappa shape index (κ2) is 6.19. The van der Waals surface area contributed by atoms with Crippen LogP contribution in [0, 0.1) is 0 Å². The van der Waals surface area contributed by atoms with Gasteiger partial charge in [-0.2, -0.15) is 0 Å². The van der Waals surface area contributed by atoms with Crippen molar-refractivity contribution in [2.45, 2.75) is 19.8 Å². The van der Waals surface area contributed by atoms with E-state index >= 15 is 0 Å². The Labute approximate surface area is 90.9 Å². The Morgan fingerprint density at radius 2 is 1.93 bits per heavy atom. The van der Waals surface area contributed by atoms with Gasteiger partial charge in [-0.15, -0.1) is 0 Å². The Kier molecular flexibility index (Phi) is 4.84. The lowest BCUT2D eigenvalue weighted by atomic mass is 10.1. The normalized spacial score (nSPS) is 10.0. The molecule has 0 heterocycles.